The number of para-hydroxylation sites is 1. The molecular weight excluding hydrogens is 312 g/mol. The van der Waals surface area contributed by atoms with Crippen molar-refractivity contribution in [2.45, 2.75) is 71.1 Å². The van der Waals surface area contributed by atoms with Gasteiger partial charge in [-0.2, -0.15) is 0 Å². The number of rotatable bonds is 3. The maximum absolute atomic E-state index is 11.9. The lowest BCUT2D eigenvalue weighted by atomic mass is 9.90. The number of carbonyl (C=O) groups is 1. The molecular formula is C18H27ClN2O2. The Morgan fingerprint density at radius 1 is 1.26 bits per heavy atom. The highest BCUT2D eigenvalue weighted by Gasteiger charge is 2.26. The molecule has 23 heavy (non-hydrogen) atoms. The van der Waals surface area contributed by atoms with Crippen molar-refractivity contribution in [1.82, 2.24) is 5.32 Å². The summed E-state index contributed by atoms with van der Waals surface area (Å²) in [7, 11) is 0. The first-order valence-corrected chi connectivity index (χ1v) is 8.63. The molecule has 1 aliphatic rings. The first-order valence-electron chi connectivity index (χ1n) is 8.26. The van der Waals surface area contributed by atoms with Gasteiger partial charge in [-0.25, -0.2) is 4.79 Å². The second kappa shape index (κ2) is 7.43. The molecule has 2 atom stereocenters. The number of carbonyl (C=O) groups excluding carboxylic acids is 1. The van der Waals surface area contributed by atoms with Gasteiger partial charge in [0.2, 0.25) is 0 Å². The number of anilines is 1. The Labute approximate surface area is 143 Å². The van der Waals surface area contributed by atoms with Gasteiger partial charge in [0.05, 0.1) is 10.7 Å². The lowest BCUT2D eigenvalue weighted by Gasteiger charge is -2.32. The number of hydrogen-bond donors (Lipinski definition) is 2. The molecule has 0 bridgehead atoms. The summed E-state index contributed by atoms with van der Waals surface area (Å²) in [6.45, 7) is 7.67. The van der Waals surface area contributed by atoms with Gasteiger partial charge in [0.25, 0.3) is 0 Å². The SMILES string of the molecule is Cc1cccc(Cl)c1NC1CCCC(NC(=O)OC(C)(C)C)C1. The van der Waals surface area contributed by atoms with Crippen molar-refractivity contribution in [2.75, 3.05) is 5.32 Å². The standard InChI is InChI=1S/C18H27ClN2O2/c1-12-7-5-10-15(19)16(12)20-13-8-6-9-14(11-13)21-17(22)23-18(2,3)4/h5,7,10,13-14,20H,6,8-9,11H2,1-4H3,(H,21,22). The normalized spacial score (nSPS) is 21.6. The molecule has 1 aliphatic carbocycles. The number of halogens is 1. The summed E-state index contributed by atoms with van der Waals surface area (Å²) in [5, 5.41) is 7.27. The zero-order valence-electron chi connectivity index (χ0n) is 14.4. The quantitative estimate of drug-likeness (QED) is 0.824. The lowest BCUT2D eigenvalue weighted by molar-refractivity contribution is 0.0492. The van der Waals surface area contributed by atoms with E-state index in [0.717, 1.165) is 42.0 Å². The van der Waals surface area contributed by atoms with Crippen molar-refractivity contribution in [1.29, 1.82) is 0 Å². The lowest BCUT2D eigenvalue weighted by Crippen LogP contribution is -2.43. The van der Waals surface area contributed by atoms with Gasteiger partial charge >= 0.3 is 6.09 Å². The molecule has 0 heterocycles. The third-order valence-corrected chi connectivity index (χ3v) is 4.28. The minimum Gasteiger partial charge on any atom is -0.444 e. The summed E-state index contributed by atoms with van der Waals surface area (Å²) in [4.78, 5) is 11.9. The molecule has 128 valence electrons. The first-order chi connectivity index (χ1) is 10.7. The van der Waals surface area contributed by atoms with Gasteiger partial charge in [-0.05, 0) is 65.0 Å². The number of alkyl carbamates (subject to hydrolysis) is 1. The van der Waals surface area contributed by atoms with Crippen LogP contribution in [-0.4, -0.2) is 23.8 Å². The summed E-state index contributed by atoms with van der Waals surface area (Å²) in [5.74, 6) is 0. The second-order valence-electron chi connectivity index (χ2n) is 7.28. The fourth-order valence-corrected chi connectivity index (χ4v) is 3.22. The van der Waals surface area contributed by atoms with Crippen LogP contribution >= 0.6 is 11.6 Å². The molecule has 0 radical (unpaired) electrons. The summed E-state index contributed by atoms with van der Waals surface area (Å²) >= 11 is 6.29. The van der Waals surface area contributed by atoms with Gasteiger partial charge in [-0.15, -0.1) is 0 Å². The first kappa shape index (κ1) is 17.9. The van der Waals surface area contributed by atoms with E-state index >= 15 is 0 Å². The maximum atomic E-state index is 11.9. The molecule has 2 N–H and O–H groups in total. The van der Waals surface area contributed by atoms with Crippen molar-refractivity contribution >= 4 is 23.4 Å². The van der Waals surface area contributed by atoms with Gasteiger partial charge < -0.3 is 15.4 Å². The van der Waals surface area contributed by atoms with Crippen LogP contribution in [0.5, 0.6) is 0 Å². The minimum atomic E-state index is -0.467. The molecule has 0 aromatic heterocycles. The third kappa shape index (κ3) is 5.61. The van der Waals surface area contributed by atoms with Crippen molar-refractivity contribution in [3.8, 4) is 0 Å². The second-order valence-corrected chi connectivity index (χ2v) is 7.69. The highest BCUT2D eigenvalue weighted by molar-refractivity contribution is 6.33. The van der Waals surface area contributed by atoms with E-state index in [1.807, 2.05) is 45.9 Å². The zero-order chi connectivity index (χ0) is 17.0. The van der Waals surface area contributed by atoms with Gasteiger partial charge in [0.1, 0.15) is 5.60 Å². The van der Waals surface area contributed by atoms with Crippen molar-refractivity contribution < 1.29 is 9.53 Å². The average molecular weight is 339 g/mol. The van der Waals surface area contributed by atoms with Crippen LogP contribution in [0.25, 0.3) is 0 Å². The van der Waals surface area contributed by atoms with Gasteiger partial charge in [-0.3, -0.25) is 0 Å². The van der Waals surface area contributed by atoms with E-state index in [-0.39, 0.29) is 12.1 Å². The molecule has 1 fully saturated rings. The minimum absolute atomic E-state index is 0.138. The van der Waals surface area contributed by atoms with Crippen LogP contribution < -0.4 is 10.6 Å². The highest BCUT2D eigenvalue weighted by atomic mass is 35.5. The van der Waals surface area contributed by atoms with E-state index in [2.05, 4.69) is 10.6 Å². The molecule has 5 heteroatoms. The largest absolute Gasteiger partial charge is 0.444 e. The van der Waals surface area contributed by atoms with E-state index in [0.29, 0.717) is 6.04 Å². The van der Waals surface area contributed by atoms with Crippen LogP contribution in [0.2, 0.25) is 5.02 Å². The number of hydrogen-bond acceptors (Lipinski definition) is 3. The molecule has 1 aromatic rings. The zero-order valence-corrected chi connectivity index (χ0v) is 15.2. The van der Waals surface area contributed by atoms with Crippen LogP contribution in [0, 0.1) is 6.92 Å². The van der Waals surface area contributed by atoms with Gasteiger partial charge in [-0.1, -0.05) is 23.7 Å². The van der Waals surface area contributed by atoms with E-state index < -0.39 is 5.60 Å². The Kier molecular flexibility index (Phi) is 5.79. The predicted molar refractivity (Wildman–Crippen MR) is 95.2 cm³/mol. The van der Waals surface area contributed by atoms with Crippen LogP contribution in [0.15, 0.2) is 18.2 Å². The predicted octanol–water partition coefficient (Wildman–Crippen LogP) is 4.90. The Balaban J connectivity index is 1.92. The average Bonchev–Trinajstić information content (AvgIpc) is 2.41. The third-order valence-electron chi connectivity index (χ3n) is 3.97. The Bertz CT molecular complexity index is 534. The molecule has 0 aliphatic heterocycles. The number of amides is 1. The monoisotopic (exact) mass is 338 g/mol. The molecule has 4 nitrogen and oxygen atoms in total. The van der Waals surface area contributed by atoms with Crippen molar-refractivity contribution in [3.05, 3.63) is 28.8 Å². The molecule has 1 aromatic carbocycles. The molecule has 1 amide bonds. The Hall–Kier alpha value is -1.42. The number of benzene rings is 1. The van der Waals surface area contributed by atoms with E-state index in [1.54, 1.807) is 0 Å². The molecule has 0 saturated heterocycles. The maximum Gasteiger partial charge on any atom is 0.407 e. The summed E-state index contributed by atoms with van der Waals surface area (Å²) in [6.07, 6.45) is 3.68. The van der Waals surface area contributed by atoms with E-state index in [4.69, 9.17) is 16.3 Å². The number of ether oxygens (including phenoxy) is 1. The Morgan fingerprint density at radius 3 is 2.61 bits per heavy atom. The van der Waals surface area contributed by atoms with Crippen LogP contribution in [0.4, 0.5) is 10.5 Å². The van der Waals surface area contributed by atoms with E-state index in [1.165, 1.54) is 0 Å². The summed E-state index contributed by atoms with van der Waals surface area (Å²) in [6, 6.07) is 6.35. The number of aryl methyl sites for hydroxylation is 1. The van der Waals surface area contributed by atoms with Crippen LogP contribution in [-0.2, 0) is 4.74 Å². The van der Waals surface area contributed by atoms with Gasteiger partial charge in [0.15, 0.2) is 0 Å². The molecule has 1 saturated carbocycles. The molecule has 0 spiro atoms. The van der Waals surface area contributed by atoms with Crippen LogP contribution in [0.1, 0.15) is 52.0 Å². The van der Waals surface area contributed by atoms with Gasteiger partial charge in [0, 0.05) is 12.1 Å². The topological polar surface area (TPSA) is 50.4 Å². The van der Waals surface area contributed by atoms with Crippen molar-refractivity contribution in [3.63, 3.8) is 0 Å². The Morgan fingerprint density at radius 2 is 1.96 bits per heavy atom. The van der Waals surface area contributed by atoms with Crippen molar-refractivity contribution in [2.24, 2.45) is 0 Å². The smallest absolute Gasteiger partial charge is 0.407 e. The fraction of sp³-hybridized carbons (Fsp3) is 0.611. The van der Waals surface area contributed by atoms with E-state index in [9.17, 15) is 4.79 Å². The molecule has 2 rings (SSSR count). The summed E-state index contributed by atoms with van der Waals surface area (Å²) in [5.41, 5.74) is 1.67. The summed E-state index contributed by atoms with van der Waals surface area (Å²) < 4.78 is 5.34. The van der Waals surface area contributed by atoms with Crippen LogP contribution in [0.3, 0.4) is 0 Å². The fourth-order valence-electron chi connectivity index (χ4n) is 2.95. The molecule has 2 unspecified atom stereocenters. The number of nitrogens with one attached hydrogen (secondary N) is 2. The highest BCUT2D eigenvalue weighted by Crippen LogP contribution is 2.29.